The molecule has 0 bridgehead atoms. The first-order valence-electron chi connectivity index (χ1n) is 7.71. The Morgan fingerprint density at radius 2 is 1.96 bits per heavy atom. The van der Waals surface area contributed by atoms with Gasteiger partial charge in [0.1, 0.15) is 5.75 Å². The highest BCUT2D eigenvalue weighted by Crippen LogP contribution is 2.34. The summed E-state index contributed by atoms with van der Waals surface area (Å²) < 4.78 is 10.8. The van der Waals surface area contributed by atoms with Crippen molar-refractivity contribution in [1.29, 1.82) is 0 Å². The number of hydrogen-bond acceptors (Lipinski definition) is 6. The first-order chi connectivity index (χ1) is 11.1. The van der Waals surface area contributed by atoms with Crippen molar-refractivity contribution in [3.63, 3.8) is 0 Å². The largest absolute Gasteiger partial charge is 0.493 e. The van der Waals surface area contributed by atoms with E-state index >= 15 is 0 Å². The van der Waals surface area contributed by atoms with Gasteiger partial charge in [-0.15, -0.1) is 0 Å². The van der Waals surface area contributed by atoms with Gasteiger partial charge in [-0.3, -0.25) is 4.79 Å². The van der Waals surface area contributed by atoms with Crippen LogP contribution in [-0.4, -0.2) is 22.7 Å². The first-order valence-corrected chi connectivity index (χ1v) is 7.71. The molecule has 2 aromatic rings. The maximum Gasteiger partial charge on any atom is 0.248 e. The van der Waals surface area contributed by atoms with Crippen molar-refractivity contribution in [2.75, 3.05) is 6.61 Å². The Morgan fingerprint density at radius 1 is 1.26 bits per heavy atom. The molecule has 1 saturated carbocycles. The summed E-state index contributed by atoms with van der Waals surface area (Å²) >= 11 is 0. The van der Waals surface area contributed by atoms with Crippen LogP contribution < -0.4 is 16.2 Å². The van der Waals surface area contributed by atoms with E-state index in [9.17, 15) is 4.79 Å². The highest BCUT2D eigenvalue weighted by Gasteiger charge is 2.35. The minimum atomic E-state index is -0.461. The van der Waals surface area contributed by atoms with Crippen molar-refractivity contribution in [3.05, 3.63) is 41.5 Å². The molecule has 7 heteroatoms. The monoisotopic (exact) mass is 316 g/mol. The molecule has 7 nitrogen and oxygen atoms in total. The number of amides is 1. The standard InChI is InChI=1S/C16H20N4O3/c17-14(21)11-3-5-12(6-4-11)22-10-7-13-19-15(20-23-13)16(18)8-1-2-9-16/h3-6H,1-2,7-10,18H2,(H2,17,21). The number of benzene rings is 1. The van der Waals surface area contributed by atoms with E-state index < -0.39 is 11.4 Å². The molecule has 1 aliphatic carbocycles. The van der Waals surface area contributed by atoms with Gasteiger partial charge in [0.05, 0.1) is 18.6 Å². The van der Waals surface area contributed by atoms with Crippen molar-refractivity contribution in [2.45, 2.75) is 37.6 Å². The summed E-state index contributed by atoms with van der Waals surface area (Å²) in [5, 5.41) is 4.01. The van der Waals surface area contributed by atoms with Gasteiger partial charge in [0.15, 0.2) is 5.82 Å². The Hall–Kier alpha value is -2.41. The van der Waals surface area contributed by atoms with Crippen molar-refractivity contribution in [1.82, 2.24) is 10.1 Å². The van der Waals surface area contributed by atoms with E-state index in [1.807, 2.05) is 0 Å². The molecule has 1 fully saturated rings. The molecule has 0 atom stereocenters. The summed E-state index contributed by atoms with van der Waals surface area (Å²) in [4.78, 5) is 15.4. The van der Waals surface area contributed by atoms with Gasteiger partial charge < -0.3 is 20.7 Å². The second-order valence-electron chi connectivity index (χ2n) is 5.86. The van der Waals surface area contributed by atoms with E-state index in [1.165, 1.54) is 0 Å². The molecule has 1 amide bonds. The molecule has 122 valence electrons. The molecule has 3 rings (SSSR count). The number of nitrogens with zero attached hydrogens (tertiary/aromatic N) is 2. The lowest BCUT2D eigenvalue weighted by Crippen LogP contribution is -2.34. The average molecular weight is 316 g/mol. The predicted molar refractivity (Wildman–Crippen MR) is 82.8 cm³/mol. The third-order valence-corrected chi connectivity index (χ3v) is 4.13. The molecule has 23 heavy (non-hydrogen) atoms. The molecule has 0 saturated heterocycles. The van der Waals surface area contributed by atoms with Crippen LogP contribution in [0.3, 0.4) is 0 Å². The van der Waals surface area contributed by atoms with Crippen LogP contribution in [0.2, 0.25) is 0 Å². The lowest BCUT2D eigenvalue weighted by atomic mass is 9.99. The summed E-state index contributed by atoms with van der Waals surface area (Å²) in [5.41, 5.74) is 11.5. The van der Waals surface area contributed by atoms with Gasteiger partial charge in [0.2, 0.25) is 11.8 Å². The molecule has 1 aromatic carbocycles. The summed E-state index contributed by atoms with van der Waals surface area (Å²) in [7, 11) is 0. The van der Waals surface area contributed by atoms with E-state index in [4.69, 9.17) is 20.7 Å². The lowest BCUT2D eigenvalue weighted by molar-refractivity contribution is 0.100. The Kier molecular flexibility index (Phi) is 4.29. The Bertz CT molecular complexity index is 675. The maximum atomic E-state index is 11.0. The third kappa shape index (κ3) is 3.50. The second kappa shape index (κ2) is 6.37. The number of primary amides is 1. The van der Waals surface area contributed by atoms with Gasteiger partial charge in [0, 0.05) is 5.56 Å². The fourth-order valence-electron chi connectivity index (χ4n) is 2.76. The van der Waals surface area contributed by atoms with Gasteiger partial charge in [0.25, 0.3) is 0 Å². The highest BCUT2D eigenvalue weighted by molar-refractivity contribution is 5.92. The third-order valence-electron chi connectivity index (χ3n) is 4.13. The zero-order chi connectivity index (χ0) is 16.3. The van der Waals surface area contributed by atoms with Crippen LogP contribution in [0, 0.1) is 0 Å². The summed E-state index contributed by atoms with van der Waals surface area (Å²) in [6.07, 6.45) is 4.50. The molecule has 0 spiro atoms. The fourth-order valence-corrected chi connectivity index (χ4v) is 2.76. The number of nitrogens with two attached hydrogens (primary N) is 2. The Morgan fingerprint density at radius 3 is 2.61 bits per heavy atom. The number of carbonyl (C=O) groups is 1. The van der Waals surface area contributed by atoms with Crippen molar-refractivity contribution in [3.8, 4) is 5.75 Å². The van der Waals surface area contributed by atoms with Crippen LogP contribution in [-0.2, 0) is 12.0 Å². The predicted octanol–water partition coefficient (Wildman–Crippen LogP) is 1.52. The lowest BCUT2D eigenvalue weighted by Gasteiger charge is -2.17. The smallest absolute Gasteiger partial charge is 0.248 e. The van der Waals surface area contributed by atoms with Crippen molar-refractivity contribution < 1.29 is 14.1 Å². The van der Waals surface area contributed by atoms with Gasteiger partial charge >= 0.3 is 0 Å². The summed E-state index contributed by atoms with van der Waals surface area (Å²) in [5.74, 6) is 1.31. The maximum absolute atomic E-state index is 11.0. The molecular formula is C16H20N4O3. The van der Waals surface area contributed by atoms with E-state index in [2.05, 4.69) is 10.1 Å². The second-order valence-corrected chi connectivity index (χ2v) is 5.86. The molecule has 0 unspecified atom stereocenters. The zero-order valence-corrected chi connectivity index (χ0v) is 12.8. The molecular weight excluding hydrogens is 296 g/mol. The number of carbonyl (C=O) groups excluding carboxylic acids is 1. The average Bonchev–Trinajstić information content (AvgIpc) is 3.18. The molecule has 0 radical (unpaired) electrons. The van der Waals surface area contributed by atoms with E-state index in [0.717, 1.165) is 25.7 Å². The van der Waals surface area contributed by atoms with Crippen LogP contribution in [0.5, 0.6) is 5.75 Å². The van der Waals surface area contributed by atoms with Crippen LogP contribution in [0.25, 0.3) is 0 Å². The van der Waals surface area contributed by atoms with Crippen LogP contribution in [0.1, 0.15) is 47.8 Å². The number of ether oxygens (including phenoxy) is 1. The fraction of sp³-hybridized carbons (Fsp3) is 0.438. The number of rotatable bonds is 6. The SMILES string of the molecule is NC(=O)c1ccc(OCCc2nc(C3(N)CCCC3)no2)cc1. The van der Waals surface area contributed by atoms with E-state index in [-0.39, 0.29) is 0 Å². The normalized spacial score (nSPS) is 16.4. The molecule has 4 N–H and O–H groups in total. The van der Waals surface area contributed by atoms with Gasteiger partial charge in [-0.2, -0.15) is 4.98 Å². The minimum absolute atomic E-state index is 0.398. The quantitative estimate of drug-likeness (QED) is 0.834. The highest BCUT2D eigenvalue weighted by atomic mass is 16.5. The van der Waals surface area contributed by atoms with Crippen molar-refractivity contribution >= 4 is 5.91 Å². The summed E-state index contributed by atoms with van der Waals surface area (Å²) in [6, 6.07) is 6.65. The van der Waals surface area contributed by atoms with Gasteiger partial charge in [-0.25, -0.2) is 0 Å². The Labute approximate surface area is 134 Å². The zero-order valence-electron chi connectivity index (χ0n) is 12.8. The Balaban J connectivity index is 1.53. The minimum Gasteiger partial charge on any atom is -0.493 e. The van der Waals surface area contributed by atoms with Crippen LogP contribution >= 0.6 is 0 Å². The van der Waals surface area contributed by atoms with E-state index in [1.54, 1.807) is 24.3 Å². The molecule has 1 aromatic heterocycles. The van der Waals surface area contributed by atoms with Gasteiger partial charge in [-0.05, 0) is 37.1 Å². The van der Waals surface area contributed by atoms with Crippen LogP contribution in [0.4, 0.5) is 0 Å². The topological polar surface area (TPSA) is 117 Å². The number of hydrogen-bond donors (Lipinski definition) is 2. The summed E-state index contributed by atoms with van der Waals surface area (Å²) in [6.45, 7) is 0.398. The number of aromatic nitrogens is 2. The molecule has 0 aliphatic heterocycles. The molecule has 1 heterocycles. The molecule has 1 aliphatic rings. The van der Waals surface area contributed by atoms with Gasteiger partial charge in [-0.1, -0.05) is 18.0 Å². The van der Waals surface area contributed by atoms with E-state index in [0.29, 0.717) is 36.1 Å². The van der Waals surface area contributed by atoms with Crippen molar-refractivity contribution in [2.24, 2.45) is 11.5 Å². The first kappa shape index (κ1) is 15.5. The van der Waals surface area contributed by atoms with Crippen LogP contribution in [0.15, 0.2) is 28.8 Å².